The van der Waals surface area contributed by atoms with E-state index in [1.165, 1.54) is 25.5 Å². The van der Waals surface area contributed by atoms with Crippen LogP contribution < -0.4 is 10.6 Å². The Morgan fingerprint density at radius 2 is 1.95 bits per heavy atom. The fourth-order valence-electron chi connectivity index (χ4n) is 6.13. The number of likely N-dealkylation sites (tertiary alicyclic amines) is 1. The van der Waals surface area contributed by atoms with Crippen molar-refractivity contribution in [2.24, 2.45) is 5.92 Å². The zero-order valence-electron chi connectivity index (χ0n) is 22.3. The molecule has 40 heavy (non-hydrogen) atoms. The van der Waals surface area contributed by atoms with Gasteiger partial charge in [0.1, 0.15) is 0 Å². The minimum Gasteiger partial charge on any atom is -0.379 e. The van der Waals surface area contributed by atoms with E-state index in [2.05, 4.69) is 35.7 Å². The molecule has 6 heterocycles. The number of nitrogens with one attached hydrogen (secondary N) is 2. The first kappa shape index (κ1) is 24.9. The highest BCUT2D eigenvalue weighted by Gasteiger charge is 2.38. The van der Waals surface area contributed by atoms with Crippen LogP contribution in [0.2, 0.25) is 0 Å². The molecule has 2 bridgehead atoms. The summed E-state index contributed by atoms with van der Waals surface area (Å²) in [5.41, 5.74) is 4.25. The van der Waals surface area contributed by atoms with Crippen molar-refractivity contribution in [2.75, 3.05) is 36.9 Å². The second kappa shape index (κ2) is 10.1. The number of ether oxygens (including phenoxy) is 1. The van der Waals surface area contributed by atoms with Gasteiger partial charge in [-0.15, -0.1) is 0 Å². The molecule has 0 radical (unpaired) electrons. The first-order chi connectivity index (χ1) is 19.5. The molecule has 4 aromatic rings. The topological polar surface area (TPSA) is 132 Å². The van der Waals surface area contributed by atoms with E-state index in [-0.39, 0.29) is 17.9 Å². The van der Waals surface area contributed by atoms with Crippen LogP contribution in [0.5, 0.6) is 0 Å². The molecule has 206 valence electrons. The predicted molar refractivity (Wildman–Crippen MR) is 147 cm³/mol. The number of pyridine rings is 1. The summed E-state index contributed by atoms with van der Waals surface area (Å²) >= 11 is 0. The van der Waals surface area contributed by atoms with Crippen LogP contribution in [-0.2, 0) is 9.53 Å². The Balaban J connectivity index is 1.04. The number of anilines is 2. The lowest BCUT2D eigenvalue weighted by Gasteiger charge is -2.25. The lowest BCUT2D eigenvalue weighted by atomic mass is 10.1. The molecular weight excluding hydrogens is 510 g/mol. The number of aryl methyl sites for hydroxylation is 1. The van der Waals surface area contributed by atoms with Gasteiger partial charge >= 0.3 is 0 Å². The predicted octanol–water partition coefficient (Wildman–Crippen LogP) is 2.93. The van der Waals surface area contributed by atoms with Gasteiger partial charge in [-0.3, -0.25) is 29.1 Å². The van der Waals surface area contributed by atoms with Crippen molar-refractivity contribution in [3.63, 3.8) is 0 Å². The van der Waals surface area contributed by atoms with Crippen LogP contribution in [0, 0.1) is 12.8 Å². The van der Waals surface area contributed by atoms with Gasteiger partial charge < -0.3 is 15.4 Å². The van der Waals surface area contributed by atoms with E-state index in [1.807, 2.05) is 17.8 Å². The molecular formula is C28H31N9O3. The van der Waals surface area contributed by atoms with E-state index in [0.717, 1.165) is 31.1 Å². The summed E-state index contributed by atoms with van der Waals surface area (Å²) < 4.78 is 9.02. The molecule has 1 saturated carbocycles. The lowest BCUT2D eigenvalue weighted by molar-refractivity contribution is -0.117. The molecule has 2 amide bonds. The molecule has 12 heteroatoms. The monoisotopic (exact) mass is 541 g/mol. The Kier molecular flexibility index (Phi) is 6.28. The number of rotatable bonds is 7. The van der Waals surface area contributed by atoms with Gasteiger partial charge in [0.05, 0.1) is 84.0 Å². The van der Waals surface area contributed by atoms with Crippen molar-refractivity contribution in [1.29, 1.82) is 0 Å². The third-order valence-corrected chi connectivity index (χ3v) is 8.31. The maximum atomic E-state index is 13.2. The van der Waals surface area contributed by atoms with E-state index in [1.54, 1.807) is 35.4 Å². The molecule has 3 aliphatic rings. The zero-order valence-corrected chi connectivity index (χ0v) is 22.3. The van der Waals surface area contributed by atoms with Crippen LogP contribution in [0.15, 0.2) is 43.2 Å². The van der Waals surface area contributed by atoms with Crippen LogP contribution in [0.1, 0.15) is 47.8 Å². The van der Waals surface area contributed by atoms with Gasteiger partial charge in [0.2, 0.25) is 5.91 Å². The van der Waals surface area contributed by atoms with Crippen molar-refractivity contribution in [3.8, 4) is 11.3 Å². The third kappa shape index (κ3) is 4.73. The van der Waals surface area contributed by atoms with Gasteiger partial charge in [-0.05, 0) is 44.6 Å². The van der Waals surface area contributed by atoms with Gasteiger partial charge in [0.25, 0.3) is 5.91 Å². The molecule has 2 N–H and O–H groups in total. The van der Waals surface area contributed by atoms with E-state index < -0.39 is 0 Å². The highest BCUT2D eigenvalue weighted by Crippen LogP contribution is 2.37. The summed E-state index contributed by atoms with van der Waals surface area (Å²) in [4.78, 5) is 37.2. The van der Waals surface area contributed by atoms with E-state index in [4.69, 9.17) is 4.74 Å². The maximum absolute atomic E-state index is 13.2. The first-order valence-electron chi connectivity index (χ1n) is 13.8. The van der Waals surface area contributed by atoms with Crippen LogP contribution in [0.3, 0.4) is 0 Å². The number of piperidine rings is 1. The van der Waals surface area contributed by atoms with Gasteiger partial charge in [-0.2, -0.15) is 10.2 Å². The molecule has 2 saturated heterocycles. The molecule has 12 nitrogen and oxygen atoms in total. The molecule has 7 rings (SSSR count). The maximum Gasteiger partial charge on any atom is 0.259 e. The average Bonchev–Trinajstić information content (AvgIpc) is 3.78. The highest BCUT2D eigenvalue weighted by molar-refractivity contribution is 6.09. The average molecular weight is 542 g/mol. The highest BCUT2D eigenvalue weighted by atomic mass is 16.5. The number of nitrogens with zero attached hydrogens (tertiary/aromatic N) is 7. The van der Waals surface area contributed by atoms with E-state index in [0.29, 0.717) is 53.0 Å². The summed E-state index contributed by atoms with van der Waals surface area (Å²) in [5.74, 6) is 0.334. The van der Waals surface area contributed by atoms with Crippen molar-refractivity contribution < 1.29 is 14.3 Å². The van der Waals surface area contributed by atoms with E-state index in [9.17, 15) is 9.59 Å². The quantitative estimate of drug-likeness (QED) is 0.365. The van der Waals surface area contributed by atoms with E-state index >= 15 is 0 Å². The number of fused-ring (bicyclic) bond motifs is 3. The Hall–Kier alpha value is -4.16. The number of carbonyl (C=O) groups is 2. The fraction of sp³-hybridized carbons (Fsp3) is 0.429. The van der Waals surface area contributed by atoms with Gasteiger partial charge in [-0.1, -0.05) is 0 Å². The summed E-state index contributed by atoms with van der Waals surface area (Å²) in [6, 6.07) is 2.51. The van der Waals surface area contributed by atoms with Crippen molar-refractivity contribution in [1.82, 2.24) is 34.3 Å². The number of carbonyl (C=O) groups excluding carboxylic acids is 2. The fourth-order valence-corrected chi connectivity index (χ4v) is 6.13. The summed E-state index contributed by atoms with van der Waals surface area (Å²) in [5, 5.41) is 14.7. The molecule has 3 fully saturated rings. The normalized spacial score (nSPS) is 22.3. The molecule has 2 aliphatic heterocycles. The van der Waals surface area contributed by atoms with Crippen LogP contribution >= 0.6 is 0 Å². The summed E-state index contributed by atoms with van der Waals surface area (Å²) in [6.07, 6.45) is 14.9. The minimum atomic E-state index is -0.333. The van der Waals surface area contributed by atoms with Crippen molar-refractivity contribution in [3.05, 3.63) is 54.5 Å². The molecule has 1 aliphatic carbocycles. The standard InChI is InChI=1S/C28H31N9O3/c1-17-24(7-20(9-29-17)33-27(38)15-35-12-18-2-3-21(35)6-18)34-28(39)23-10-32-37-14-25(30-11-26(23)37)19-8-31-36(13-19)22-4-5-40-16-22/h7-11,13-14,18,21-22H,2-6,12,15-16H2,1H3,(H,33,38)(H,34,39)/t18-,21+,22?/m0/s1. The molecule has 0 spiro atoms. The second-order valence-corrected chi connectivity index (χ2v) is 11.0. The number of amides is 2. The number of hydrogen-bond acceptors (Lipinski definition) is 8. The molecule has 0 aromatic carbocycles. The molecule has 1 unspecified atom stereocenters. The lowest BCUT2D eigenvalue weighted by Crippen LogP contribution is -2.38. The Bertz CT molecular complexity index is 1590. The number of aromatic nitrogens is 6. The second-order valence-electron chi connectivity index (χ2n) is 11.0. The van der Waals surface area contributed by atoms with Gasteiger partial charge in [0, 0.05) is 31.0 Å². The Morgan fingerprint density at radius 3 is 2.75 bits per heavy atom. The summed E-state index contributed by atoms with van der Waals surface area (Å²) in [6.45, 7) is 4.60. The van der Waals surface area contributed by atoms with Gasteiger partial charge in [-0.25, -0.2) is 4.52 Å². The van der Waals surface area contributed by atoms with Crippen LogP contribution in [0.4, 0.5) is 11.4 Å². The minimum absolute atomic E-state index is 0.0675. The SMILES string of the molecule is Cc1ncc(NC(=O)CN2C[C@H]3CC[C@@H]2C3)cc1NC(=O)c1cnn2cc(-c3cnn(C4CCOC4)c3)ncc12. The van der Waals surface area contributed by atoms with Crippen molar-refractivity contribution >= 4 is 28.7 Å². The van der Waals surface area contributed by atoms with Crippen LogP contribution in [0.25, 0.3) is 16.8 Å². The molecule has 4 aromatic heterocycles. The largest absolute Gasteiger partial charge is 0.379 e. The third-order valence-electron chi connectivity index (χ3n) is 8.31. The Morgan fingerprint density at radius 1 is 1.02 bits per heavy atom. The zero-order chi connectivity index (χ0) is 27.2. The summed E-state index contributed by atoms with van der Waals surface area (Å²) in [7, 11) is 0. The first-order valence-corrected chi connectivity index (χ1v) is 13.8. The smallest absolute Gasteiger partial charge is 0.259 e. The number of hydrogen-bond donors (Lipinski definition) is 2. The Labute approximate surface area is 230 Å². The molecule has 3 atom stereocenters. The van der Waals surface area contributed by atoms with Crippen molar-refractivity contribution in [2.45, 2.75) is 44.7 Å². The van der Waals surface area contributed by atoms with Gasteiger partial charge in [0.15, 0.2) is 0 Å². The van der Waals surface area contributed by atoms with Crippen LogP contribution in [-0.4, -0.2) is 78.4 Å².